The number of para-hydroxylation sites is 1. The summed E-state index contributed by atoms with van der Waals surface area (Å²) < 4.78 is 11.7. The number of hydrogen-bond donors (Lipinski definition) is 1. The Bertz CT molecular complexity index is 1030. The van der Waals surface area contributed by atoms with Crippen LogP contribution in [0.1, 0.15) is 30.3 Å². The van der Waals surface area contributed by atoms with Crippen LogP contribution in [-0.4, -0.2) is 46.8 Å². The molecule has 6 nitrogen and oxygen atoms in total. The molecule has 1 aromatic heterocycles. The van der Waals surface area contributed by atoms with Gasteiger partial charge in [0.25, 0.3) is 5.91 Å². The summed E-state index contributed by atoms with van der Waals surface area (Å²) in [5.74, 6) is 2.64. The molecule has 6 heteroatoms. The van der Waals surface area contributed by atoms with E-state index >= 15 is 0 Å². The number of ether oxygens (including phenoxy) is 2. The van der Waals surface area contributed by atoms with Crippen molar-refractivity contribution in [2.45, 2.75) is 25.9 Å². The number of H-pyrrole nitrogens is 1. The number of fused-ring (bicyclic) bond motifs is 1. The number of nitrogens with zero attached hydrogens (tertiary/aromatic N) is 2. The van der Waals surface area contributed by atoms with Crippen LogP contribution in [0.15, 0.2) is 60.7 Å². The lowest BCUT2D eigenvalue weighted by Crippen LogP contribution is -2.32. The molecular formula is C25H27N3O3. The van der Waals surface area contributed by atoms with Crippen LogP contribution < -0.4 is 9.47 Å². The van der Waals surface area contributed by atoms with E-state index in [0.717, 1.165) is 48.7 Å². The maximum Gasteiger partial charge on any atom is 0.271 e. The van der Waals surface area contributed by atoms with Crippen LogP contribution in [0.3, 0.4) is 0 Å². The predicted octanol–water partition coefficient (Wildman–Crippen LogP) is 4.41. The highest BCUT2D eigenvalue weighted by atomic mass is 16.5. The summed E-state index contributed by atoms with van der Waals surface area (Å²) in [4.78, 5) is 15.1. The Morgan fingerprint density at radius 2 is 1.87 bits per heavy atom. The molecule has 2 fully saturated rings. The summed E-state index contributed by atoms with van der Waals surface area (Å²) in [6.45, 7) is 4.12. The number of aromatic amines is 1. The Kier molecular flexibility index (Phi) is 5.37. The van der Waals surface area contributed by atoms with E-state index < -0.39 is 0 Å². The Morgan fingerprint density at radius 3 is 2.65 bits per heavy atom. The van der Waals surface area contributed by atoms with Crippen molar-refractivity contribution < 1.29 is 14.3 Å². The normalized spacial score (nSPS) is 22.4. The zero-order valence-electron chi connectivity index (χ0n) is 17.7. The Morgan fingerprint density at radius 1 is 1.06 bits per heavy atom. The van der Waals surface area contributed by atoms with E-state index in [4.69, 9.17) is 9.47 Å². The van der Waals surface area contributed by atoms with Crippen molar-refractivity contribution in [3.63, 3.8) is 0 Å². The van der Waals surface area contributed by atoms with Gasteiger partial charge in [-0.25, -0.2) is 0 Å². The molecule has 0 bridgehead atoms. The van der Waals surface area contributed by atoms with Gasteiger partial charge >= 0.3 is 0 Å². The van der Waals surface area contributed by atoms with E-state index in [9.17, 15) is 4.79 Å². The van der Waals surface area contributed by atoms with Crippen LogP contribution in [-0.2, 0) is 0 Å². The number of aromatic nitrogens is 2. The average molecular weight is 418 g/mol. The molecular weight excluding hydrogens is 390 g/mol. The van der Waals surface area contributed by atoms with Crippen molar-refractivity contribution in [1.29, 1.82) is 0 Å². The lowest BCUT2D eigenvalue weighted by Gasteiger charge is -2.21. The maximum atomic E-state index is 13.1. The lowest BCUT2D eigenvalue weighted by molar-refractivity contribution is 0.0756. The van der Waals surface area contributed by atoms with Crippen molar-refractivity contribution in [2.24, 2.45) is 11.8 Å². The highest BCUT2D eigenvalue weighted by molar-refractivity contribution is 5.93. The number of benzene rings is 2. The number of hydrogen-bond acceptors (Lipinski definition) is 4. The van der Waals surface area contributed by atoms with Crippen LogP contribution in [0.2, 0.25) is 0 Å². The van der Waals surface area contributed by atoms with E-state index in [2.05, 4.69) is 10.2 Å². The first-order valence-corrected chi connectivity index (χ1v) is 11.0. The minimum atomic E-state index is 0.0116. The Balaban J connectivity index is 1.24. The number of likely N-dealkylation sites (tertiary alicyclic amines) is 1. The zero-order valence-corrected chi connectivity index (χ0v) is 17.7. The average Bonchev–Trinajstić information content (AvgIpc) is 3.52. The van der Waals surface area contributed by atoms with E-state index in [1.54, 1.807) is 0 Å². The molecule has 31 heavy (non-hydrogen) atoms. The summed E-state index contributed by atoms with van der Waals surface area (Å²) in [5.41, 5.74) is 2.24. The van der Waals surface area contributed by atoms with E-state index in [-0.39, 0.29) is 12.0 Å². The molecule has 3 atom stereocenters. The zero-order chi connectivity index (χ0) is 21.2. The molecule has 1 aliphatic carbocycles. The summed E-state index contributed by atoms with van der Waals surface area (Å²) in [7, 11) is 0. The van der Waals surface area contributed by atoms with E-state index in [1.165, 1.54) is 0 Å². The van der Waals surface area contributed by atoms with Gasteiger partial charge < -0.3 is 14.4 Å². The molecule has 5 rings (SSSR count). The van der Waals surface area contributed by atoms with Gasteiger partial charge in [0.05, 0.1) is 12.3 Å². The van der Waals surface area contributed by atoms with Gasteiger partial charge in [-0.1, -0.05) is 18.2 Å². The molecule has 3 aromatic rings. The SMILES string of the molecule is CCOc1ccc(-c2cc(C(=O)N3C[C@@H]4CC[C@H](Oc5ccccc5)[C@@H]4C3)[nH]n2)cc1. The van der Waals surface area contributed by atoms with Crippen LogP contribution in [0.5, 0.6) is 11.5 Å². The third kappa shape index (κ3) is 4.02. The second-order valence-electron chi connectivity index (χ2n) is 8.31. The lowest BCUT2D eigenvalue weighted by atomic mass is 9.99. The highest BCUT2D eigenvalue weighted by Crippen LogP contribution is 2.40. The second-order valence-corrected chi connectivity index (χ2v) is 8.31. The topological polar surface area (TPSA) is 67.4 Å². The van der Waals surface area contributed by atoms with Gasteiger partial charge in [0.1, 0.15) is 23.3 Å². The molecule has 2 aliphatic rings. The molecule has 1 saturated heterocycles. The fraction of sp³-hybridized carbons (Fsp3) is 0.360. The maximum absolute atomic E-state index is 13.1. The minimum Gasteiger partial charge on any atom is -0.494 e. The van der Waals surface area contributed by atoms with Crippen LogP contribution >= 0.6 is 0 Å². The molecule has 1 aliphatic heterocycles. The second kappa shape index (κ2) is 8.46. The Hall–Kier alpha value is -3.28. The first-order chi connectivity index (χ1) is 15.2. The molecule has 160 valence electrons. The van der Waals surface area contributed by atoms with Gasteiger partial charge in [-0.15, -0.1) is 0 Å². The van der Waals surface area contributed by atoms with E-state index in [0.29, 0.717) is 24.1 Å². The van der Waals surface area contributed by atoms with Crippen molar-refractivity contribution >= 4 is 5.91 Å². The fourth-order valence-corrected chi connectivity index (χ4v) is 4.84. The molecule has 1 N–H and O–H groups in total. The van der Waals surface area contributed by atoms with Gasteiger partial charge in [0.15, 0.2) is 0 Å². The molecule has 0 spiro atoms. The third-order valence-corrected chi connectivity index (χ3v) is 6.38. The molecule has 1 saturated carbocycles. The third-order valence-electron chi connectivity index (χ3n) is 6.38. The predicted molar refractivity (Wildman–Crippen MR) is 118 cm³/mol. The van der Waals surface area contributed by atoms with Crippen LogP contribution in [0.4, 0.5) is 0 Å². The fourth-order valence-electron chi connectivity index (χ4n) is 4.84. The van der Waals surface area contributed by atoms with Gasteiger partial charge in [-0.05, 0) is 68.1 Å². The van der Waals surface area contributed by atoms with Crippen LogP contribution in [0, 0.1) is 11.8 Å². The number of carbonyl (C=O) groups is 1. The number of amides is 1. The monoisotopic (exact) mass is 417 g/mol. The van der Waals surface area contributed by atoms with Gasteiger partial charge in [0.2, 0.25) is 0 Å². The summed E-state index contributed by atoms with van der Waals surface area (Å²) >= 11 is 0. The number of rotatable bonds is 6. The van der Waals surface area contributed by atoms with Crippen molar-refractivity contribution in [3.05, 3.63) is 66.4 Å². The molecule has 0 unspecified atom stereocenters. The van der Waals surface area contributed by atoms with Crippen molar-refractivity contribution in [1.82, 2.24) is 15.1 Å². The quantitative estimate of drug-likeness (QED) is 0.645. The first-order valence-electron chi connectivity index (χ1n) is 11.0. The van der Waals surface area contributed by atoms with Gasteiger partial charge in [-0.2, -0.15) is 5.10 Å². The van der Waals surface area contributed by atoms with E-state index in [1.807, 2.05) is 72.5 Å². The molecule has 2 heterocycles. The summed E-state index contributed by atoms with van der Waals surface area (Å²) in [6, 6.07) is 19.6. The smallest absolute Gasteiger partial charge is 0.271 e. The number of carbonyl (C=O) groups excluding carboxylic acids is 1. The van der Waals surface area contributed by atoms with Gasteiger partial charge in [0, 0.05) is 24.6 Å². The standard InChI is InChI=1S/C25H27N3O3/c1-2-30-19-11-8-17(9-12-19)22-14-23(27-26-22)25(29)28-15-18-10-13-24(21(18)16-28)31-20-6-4-3-5-7-20/h3-9,11-12,14,18,21,24H,2,10,13,15-16H2,1H3,(H,26,27)/t18-,21+,24-/m0/s1. The molecule has 0 radical (unpaired) electrons. The van der Waals surface area contributed by atoms with Crippen LogP contribution in [0.25, 0.3) is 11.3 Å². The Labute approximate surface area is 182 Å². The molecule has 2 aromatic carbocycles. The van der Waals surface area contributed by atoms with Gasteiger partial charge in [-0.3, -0.25) is 9.89 Å². The summed E-state index contributed by atoms with van der Waals surface area (Å²) in [6.07, 6.45) is 2.33. The summed E-state index contributed by atoms with van der Waals surface area (Å²) in [5, 5.41) is 7.29. The number of nitrogens with one attached hydrogen (secondary N) is 1. The van der Waals surface area contributed by atoms with Crippen molar-refractivity contribution in [3.8, 4) is 22.8 Å². The van der Waals surface area contributed by atoms with Crippen molar-refractivity contribution in [2.75, 3.05) is 19.7 Å². The largest absolute Gasteiger partial charge is 0.494 e. The first kappa shape index (κ1) is 19.7. The molecule has 1 amide bonds. The minimum absolute atomic E-state index is 0.0116. The highest BCUT2D eigenvalue weighted by Gasteiger charge is 2.45.